The van der Waals surface area contributed by atoms with Gasteiger partial charge in [-0.05, 0) is 42.5 Å². The maximum Gasteiger partial charge on any atom is 0.413 e. The number of hydrogen-bond donors (Lipinski definition) is 6. The molecule has 216 valence electrons. The molecule has 13 nitrogen and oxygen atoms in total. The minimum absolute atomic E-state index is 0.0359. The zero-order valence-corrected chi connectivity index (χ0v) is 23.4. The van der Waals surface area contributed by atoms with Crippen LogP contribution in [0, 0.1) is 5.41 Å². The number of nitrogens with one attached hydrogen (secondary N) is 5. The first-order valence-corrected chi connectivity index (χ1v) is 12.7. The Bertz CT molecular complexity index is 1320. The summed E-state index contributed by atoms with van der Waals surface area (Å²) in [5.74, 6) is -0.681. The number of carbonyl (C=O) groups excluding carboxylic acids is 3. The van der Waals surface area contributed by atoms with Gasteiger partial charge in [-0.25, -0.2) is 14.6 Å². The van der Waals surface area contributed by atoms with Gasteiger partial charge in [0, 0.05) is 22.6 Å². The normalized spacial score (nSPS) is 9.63. The summed E-state index contributed by atoms with van der Waals surface area (Å²) >= 11 is 1.49. The lowest BCUT2D eigenvalue weighted by atomic mass is 10.2. The van der Waals surface area contributed by atoms with Crippen molar-refractivity contribution in [2.24, 2.45) is 10.7 Å². The van der Waals surface area contributed by atoms with Gasteiger partial charge in [-0.3, -0.25) is 20.8 Å². The average Bonchev–Trinajstić information content (AvgIpc) is 2.95. The van der Waals surface area contributed by atoms with Gasteiger partial charge in [0.2, 0.25) is 11.9 Å². The number of nitrogens with two attached hydrogens (primary N) is 1. The summed E-state index contributed by atoms with van der Waals surface area (Å²) in [7, 11) is 3.73. The van der Waals surface area contributed by atoms with Crippen molar-refractivity contribution in [1.29, 1.82) is 5.41 Å². The molecule has 0 radical (unpaired) electrons. The molecule has 0 spiro atoms. The molecule has 0 aliphatic rings. The van der Waals surface area contributed by atoms with Crippen molar-refractivity contribution in [2.75, 3.05) is 38.6 Å². The van der Waals surface area contributed by atoms with Crippen molar-refractivity contribution < 1.29 is 28.6 Å². The first-order valence-electron chi connectivity index (χ1n) is 11.8. The minimum Gasteiger partial charge on any atom is -0.453 e. The highest BCUT2D eigenvalue weighted by Crippen LogP contribution is 2.34. The van der Waals surface area contributed by atoms with E-state index in [1.54, 1.807) is 18.2 Å². The molecule has 3 amide bonds. The molecule has 14 heteroatoms. The number of nitrogens with zero attached hydrogens (tertiary/aromatic N) is 1. The van der Waals surface area contributed by atoms with E-state index in [0.29, 0.717) is 5.69 Å². The van der Waals surface area contributed by atoms with E-state index in [9.17, 15) is 14.4 Å². The van der Waals surface area contributed by atoms with E-state index in [1.165, 1.54) is 18.9 Å². The number of rotatable bonds is 7. The van der Waals surface area contributed by atoms with E-state index < -0.39 is 18.1 Å². The fourth-order valence-electron chi connectivity index (χ4n) is 2.90. The van der Waals surface area contributed by atoms with Gasteiger partial charge in [0.05, 0.1) is 25.6 Å². The van der Waals surface area contributed by atoms with E-state index in [4.69, 9.17) is 15.9 Å². The van der Waals surface area contributed by atoms with Crippen LogP contribution in [0.5, 0.6) is 0 Å². The molecule has 0 saturated heterocycles. The Morgan fingerprint density at radius 2 is 1.41 bits per heavy atom. The Hall–Kier alpha value is -5.08. The molecule has 3 rings (SSSR count). The smallest absolute Gasteiger partial charge is 0.413 e. The third kappa shape index (κ3) is 12.5. The molecule has 3 aromatic carbocycles. The third-order valence-corrected chi connectivity index (χ3v) is 5.59. The van der Waals surface area contributed by atoms with E-state index in [2.05, 4.69) is 35.7 Å². The van der Waals surface area contributed by atoms with E-state index in [-0.39, 0.29) is 24.2 Å². The molecule has 0 saturated carbocycles. The number of alkyl carbamates (subject to hydrolysis) is 2. The van der Waals surface area contributed by atoms with Crippen molar-refractivity contribution >= 4 is 58.8 Å². The van der Waals surface area contributed by atoms with E-state index in [1.807, 2.05) is 60.7 Å². The summed E-state index contributed by atoms with van der Waals surface area (Å²) in [6, 6.07) is 24.2. The van der Waals surface area contributed by atoms with Crippen LogP contribution >= 0.6 is 11.8 Å². The van der Waals surface area contributed by atoms with Gasteiger partial charge in [0.25, 0.3) is 0 Å². The average molecular weight is 582 g/mol. The molecule has 0 aliphatic heterocycles. The number of aliphatic imine (C=N–C) groups is 1. The van der Waals surface area contributed by atoms with Crippen LogP contribution in [-0.2, 0) is 19.0 Å². The lowest BCUT2D eigenvalue weighted by Crippen LogP contribution is -2.43. The van der Waals surface area contributed by atoms with Crippen molar-refractivity contribution in [2.45, 2.75) is 9.79 Å². The van der Waals surface area contributed by atoms with Crippen LogP contribution in [0.15, 0.2) is 93.6 Å². The zero-order chi connectivity index (χ0) is 30.0. The van der Waals surface area contributed by atoms with E-state index in [0.717, 1.165) is 29.7 Å². The van der Waals surface area contributed by atoms with Crippen LogP contribution in [0.2, 0.25) is 0 Å². The first kappa shape index (κ1) is 32.1. The highest BCUT2D eigenvalue weighted by atomic mass is 32.2. The Morgan fingerprint density at radius 1 is 0.829 bits per heavy atom. The third-order valence-electron chi connectivity index (χ3n) is 4.59. The number of hydrogen-bond acceptors (Lipinski definition) is 9. The van der Waals surface area contributed by atoms with E-state index >= 15 is 0 Å². The highest BCUT2D eigenvalue weighted by molar-refractivity contribution is 7.99. The fourth-order valence-corrected chi connectivity index (χ4v) is 3.78. The minimum atomic E-state index is -0.851. The molecule has 0 aromatic heterocycles. The van der Waals surface area contributed by atoms with Crippen molar-refractivity contribution in [3.05, 3.63) is 78.9 Å². The fraction of sp³-hybridized carbons (Fsp3) is 0.148. The highest BCUT2D eigenvalue weighted by Gasteiger charge is 2.14. The standard InChI is InChI=1S/C20H22N4O6S.C7H9N3/c1-28-12-17(25)21-16-11-14(31-13-7-5-4-6-8-13)9-10-15(16)22-18(23-19(26)29-2)24-20(27)30-3;8-7(9)10-6-4-2-1-3-5-6/h4-11H,12H2,1-3H3,(H,21,25)(H2,22,23,24,26,27);1-5H,(H4,8,9,10). The molecule has 41 heavy (non-hydrogen) atoms. The van der Waals surface area contributed by atoms with Crippen LogP contribution in [0.1, 0.15) is 0 Å². The van der Waals surface area contributed by atoms with Gasteiger partial charge in [-0.15, -0.1) is 0 Å². The summed E-state index contributed by atoms with van der Waals surface area (Å²) in [5, 5.41) is 16.8. The summed E-state index contributed by atoms with van der Waals surface area (Å²) in [4.78, 5) is 41.3. The molecular weight excluding hydrogens is 550 g/mol. The van der Waals surface area contributed by atoms with Gasteiger partial charge in [0.1, 0.15) is 6.61 Å². The SMILES string of the molecule is COCC(=O)Nc1cc(Sc2ccccc2)ccc1N=C(NC(=O)OC)NC(=O)OC.N=C(N)Nc1ccccc1. The predicted octanol–water partition coefficient (Wildman–Crippen LogP) is 4.11. The van der Waals surface area contributed by atoms with Crippen molar-refractivity contribution in [3.63, 3.8) is 0 Å². The molecule has 0 heterocycles. The molecule has 3 aromatic rings. The monoisotopic (exact) mass is 581 g/mol. The maximum atomic E-state index is 12.1. The number of anilines is 2. The first-order chi connectivity index (χ1) is 19.7. The summed E-state index contributed by atoms with van der Waals surface area (Å²) in [6.07, 6.45) is -1.70. The van der Waals surface area contributed by atoms with Crippen molar-refractivity contribution in [3.8, 4) is 0 Å². The number of benzene rings is 3. The second kappa shape index (κ2) is 17.5. The Balaban J connectivity index is 0.000000493. The number of guanidine groups is 2. The van der Waals surface area contributed by atoms with Crippen LogP contribution in [0.3, 0.4) is 0 Å². The summed E-state index contributed by atoms with van der Waals surface area (Å²) in [6.45, 7) is -0.160. The van der Waals surface area contributed by atoms with Crippen molar-refractivity contribution in [1.82, 2.24) is 10.6 Å². The van der Waals surface area contributed by atoms with Gasteiger partial charge in [-0.2, -0.15) is 0 Å². The number of carbonyl (C=O) groups is 3. The molecule has 0 bridgehead atoms. The number of ether oxygens (including phenoxy) is 3. The Labute approximate surface area is 241 Å². The molecule has 0 aliphatic carbocycles. The molecule has 0 unspecified atom stereocenters. The molecule has 7 N–H and O–H groups in total. The second-order valence-electron chi connectivity index (χ2n) is 7.67. The van der Waals surface area contributed by atoms with Crippen LogP contribution < -0.4 is 27.0 Å². The quantitative estimate of drug-likeness (QED) is 0.176. The zero-order valence-electron chi connectivity index (χ0n) is 22.6. The van der Waals surface area contributed by atoms with Gasteiger partial charge in [-0.1, -0.05) is 48.2 Å². The number of methoxy groups -OCH3 is 3. The summed E-state index contributed by atoms with van der Waals surface area (Å²) in [5.41, 5.74) is 6.55. The Kier molecular flexibility index (Phi) is 13.7. The molecule has 0 fully saturated rings. The predicted molar refractivity (Wildman–Crippen MR) is 158 cm³/mol. The largest absolute Gasteiger partial charge is 0.453 e. The Morgan fingerprint density at radius 3 is 1.95 bits per heavy atom. The van der Waals surface area contributed by atoms with Crippen LogP contribution in [0.4, 0.5) is 26.7 Å². The lowest BCUT2D eigenvalue weighted by molar-refractivity contribution is -0.119. The maximum absolute atomic E-state index is 12.1. The second-order valence-corrected chi connectivity index (χ2v) is 8.82. The molecule has 0 atom stereocenters. The van der Waals surface area contributed by atoms with Gasteiger partial charge < -0.3 is 30.6 Å². The van der Waals surface area contributed by atoms with Crippen LogP contribution in [0.25, 0.3) is 0 Å². The lowest BCUT2D eigenvalue weighted by Gasteiger charge is -2.13. The summed E-state index contributed by atoms with van der Waals surface area (Å²) < 4.78 is 13.9. The van der Waals surface area contributed by atoms with Gasteiger partial charge >= 0.3 is 12.2 Å². The topological polar surface area (TPSA) is 189 Å². The molecular formula is C27H31N7O6S. The number of amides is 3. The van der Waals surface area contributed by atoms with Gasteiger partial charge in [0.15, 0.2) is 5.96 Å². The number of para-hydroxylation sites is 1. The van der Waals surface area contributed by atoms with Crippen LogP contribution in [-0.4, -0.2) is 57.9 Å².